The first-order valence-corrected chi connectivity index (χ1v) is 6.54. The normalized spacial score (nSPS) is 20.9. The van der Waals surface area contributed by atoms with Crippen LogP contribution in [0.5, 0.6) is 0 Å². The molecule has 1 aromatic carbocycles. The zero-order chi connectivity index (χ0) is 14.6. The summed E-state index contributed by atoms with van der Waals surface area (Å²) in [5.74, 6) is -2.76. The third kappa shape index (κ3) is 4.12. The van der Waals surface area contributed by atoms with Crippen LogP contribution in [0.15, 0.2) is 18.2 Å². The van der Waals surface area contributed by atoms with Gasteiger partial charge in [0.15, 0.2) is 11.6 Å². The van der Waals surface area contributed by atoms with Crippen molar-refractivity contribution in [2.75, 3.05) is 26.8 Å². The van der Waals surface area contributed by atoms with Gasteiger partial charge in [0.2, 0.25) is 0 Å². The van der Waals surface area contributed by atoms with Crippen LogP contribution >= 0.6 is 12.4 Å². The molecule has 0 saturated carbocycles. The number of benzene rings is 1. The molecule has 1 unspecified atom stereocenters. The van der Waals surface area contributed by atoms with Gasteiger partial charge in [-0.3, -0.25) is 4.79 Å². The number of amides is 1. The highest BCUT2D eigenvalue weighted by Crippen LogP contribution is 2.19. The van der Waals surface area contributed by atoms with Crippen LogP contribution in [0.1, 0.15) is 23.2 Å². The van der Waals surface area contributed by atoms with Gasteiger partial charge in [-0.05, 0) is 31.5 Å². The topological polar surface area (TPSA) is 50.4 Å². The van der Waals surface area contributed by atoms with Gasteiger partial charge < -0.3 is 15.4 Å². The van der Waals surface area contributed by atoms with Gasteiger partial charge in [-0.25, -0.2) is 8.78 Å². The maximum absolute atomic E-state index is 13.5. The Kier molecular flexibility index (Phi) is 6.51. The summed E-state index contributed by atoms with van der Waals surface area (Å²) in [4.78, 5) is 11.9. The molecule has 1 fully saturated rings. The molecule has 0 spiro atoms. The van der Waals surface area contributed by atoms with Crippen LogP contribution in [0.4, 0.5) is 8.78 Å². The quantitative estimate of drug-likeness (QED) is 0.871. The zero-order valence-electron chi connectivity index (χ0n) is 11.7. The number of carbonyl (C=O) groups excluding carboxylic acids is 1. The standard InChI is InChI=1S/C14H18F2N2O2.ClH/c1-20-9-14(6-3-7-18-14)8-17-13(19)10-4-2-5-11(15)12(10)16;/h2,4-5,18H,3,6-9H2,1H3,(H,17,19);1H. The molecule has 2 rings (SSSR count). The second-order valence-corrected chi connectivity index (χ2v) is 5.03. The molecule has 21 heavy (non-hydrogen) atoms. The van der Waals surface area contributed by atoms with Crippen LogP contribution in [-0.4, -0.2) is 38.3 Å². The van der Waals surface area contributed by atoms with Crippen LogP contribution in [0.25, 0.3) is 0 Å². The largest absolute Gasteiger partial charge is 0.383 e. The van der Waals surface area contributed by atoms with E-state index in [4.69, 9.17) is 4.74 Å². The Morgan fingerprint density at radius 3 is 2.86 bits per heavy atom. The Bertz CT molecular complexity index is 494. The Balaban J connectivity index is 0.00000220. The molecule has 7 heteroatoms. The minimum Gasteiger partial charge on any atom is -0.383 e. The summed E-state index contributed by atoms with van der Waals surface area (Å²) in [5, 5.41) is 5.94. The first-order valence-electron chi connectivity index (χ1n) is 6.54. The Labute approximate surface area is 128 Å². The number of carbonyl (C=O) groups is 1. The van der Waals surface area contributed by atoms with Crippen molar-refractivity contribution in [2.24, 2.45) is 0 Å². The molecular formula is C14H19ClF2N2O2. The minimum atomic E-state index is -1.12. The van der Waals surface area contributed by atoms with Crippen molar-refractivity contribution in [2.45, 2.75) is 18.4 Å². The Morgan fingerprint density at radius 1 is 1.48 bits per heavy atom. The number of rotatable bonds is 5. The summed E-state index contributed by atoms with van der Waals surface area (Å²) >= 11 is 0. The van der Waals surface area contributed by atoms with E-state index < -0.39 is 17.5 Å². The average Bonchev–Trinajstić information content (AvgIpc) is 2.89. The van der Waals surface area contributed by atoms with E-state index in [-0.39, 0.29) is 23.5 Å². The first-order chi connectivity index (χ1) is 9.58. The van der Waals surface area contributed by atoms with E-state index in [2.05, 4.69) is 10.6 Å². The average molecular weight is 321 g/mol. The lowest BCUT2D eigenvalue weighted by atomic mass is 9.98. The van der Waals surface area contributed by atoms with Gasteiger partial charge in [-0.15, -0.1) is 12.4 Å². The molecule has 1 saturated heterocycles. The van der Waals surface area contributed by atoms with E-state index in [1.807, 2.05) is 0 Å². The number of nitrogens with one attached hydrogen (secondary N) is 2. The van der Waals surface area contributed by atoms with Crippen LogP contribution in [0.2, 0.25) is 0 Å². The fourth-order valence-electron chi connectivity index (χ4n) is 2.49. The summed E-state index contributed by atoms with van der Waals surface area (Å²) in [6.45, 7) is 1.63. The molecule has 1 aliphatic heterocycles. The third-order valence-electron chi connectivity index (χ3n) is 3.54. The van der Waals surface area contributed by atoms with Crippen LogP contribution < -0.4 is 10.6 Å². The maximum atomic E-state index is 13.5. The molecule has 4 nitrogen and oxygen atoms in total. The van der Waals surface area contributed by atoms with Gasteiger partial charge in [-0.2, -0.15) is 0 Å². The smallest absolute Gasteiger partial charge is 0.254 e. The van der Waals surface area contributed by atoms with Crippen molar-refractivity contribution < 1.29 is 18.3 Å². The summed E-state index contributed by atoms with van der Waals surface area (Å²) in [6, 6.07) is 3.56. The Hall–Kier alpha value is -1.24. The summed E-state index contributed by atoms with van der Waals surface area (Å²) in [6.07, 6.45) is 1.86. The van der Waals surface area contributed by atoms with E-state index >= 15 is 0 Å². The number of hydrogen-bond acceptors (Lipinski definition) is 3. The summed E-state index contributed by atoms with van der Waals surface area (Å²) < 4.78 is 31.8. The van der Waals surface area contributed by atoms with Gasteiger partial charge in [0.05, 0.1) is 17.7 Å². The molecular weight excluding hydrogens is 302 g/mol. The molecule has 1 amide bonds. The van der Waals surface area contributed by atoms with Crippen LogP contribution in [-0.2, 0) is 4.74 Å². The maximum Gasteiger partial charge on any atom is 0.254 e. The highest BCUT2D eigenvalue weighted by Gasteiger charge is 2.34. The van der Waals surface area contributed by atoms with Crippen molar-refractivity contribution in [3.63, 3.8) is 0 Å². The first kappa shape index (κ1) is 17.8. The molecule has 0 bridgehead atoms. The third-order valence-corrected chi connectivity index (χ3v) is 3.54. The van der Waals surface area contributed by atoms with Gasteiger partial charge in [-0.1, -0.05) is 6.07 Å². The van der Waals surface area contributed by atoms with Crippen LogP contribution in [0.3, 0.4) is 0 Å². The highest BCUT2D eigenvalue weighted by atomic mass is 35.5. The molecule has 1 aliphatic rings. The zero-order valence-corrected chi connectivity index (χ0v) is 12.6. The monoisotopic (exact) mass is 320 g/mol. The molecule has 0 aromatic heterocycles. The van der Waals surface area contributed by atoms with E-state index in [0.717, 1.165) is 25.5 Å². The van der Waals surface area contributed by atoms with E-state index in [1.54, 1.807) is 7.11 Å². The molecule has 1 aromatic rings. The van der Waals surface area contributed by atoms with E-state index in [0.29, 0.717) is 13.2 Å². The van der Waals surface area contributed by atoms with Gasteiger partial charge >= 0.3 is 0 Å². The Morgan fingerprint density at radius 2 is 2.24 bits per heavy atom. The molecule has 1 atom stereocenters. The van der Waals surface area contributed by atoms with Crippen molar-refractivity contribution in [1.29, 1.82) is 0 Å². The molecule has 0 aliphatic carbocycles. The van der Waals surface area contributed by atoms with E-state index in [1.165, 1.54) is 12.1 Å². The van der Waals surface area contributed by atoms with Gasteiger partial charge in [0.1, 0.15) is 0 Å². The lowest BCUT2D eigenvalue weighted by Crippen LogP contribution is -2.53. The summed E-state index contributed by atoms with van der Waals surface area (Å²) in [5.41, 5.74) is -0.607. The second-order valence-electron chi connectivity index (χ2n) is 5.03. The van der Waals surface area contributed by atoms with Crippen LogP contribution in [0, 0.1) is 11.6 Å². The van der Waals surface area contributed by atoms with Gasteiger partial charge in [0, 0.05) is 13.7 Å². The van der Waals surface area contributed by atoms with E-state index in [9.17, 15) is 13.6 Å². The predicted octanol–water partition coefficient (Wildman–Crippen LogP) is 1.88. The van der Waals surface area contributed by atoms with Gasteiger partial charge in [0.25, 0.3) is 5.91 Å². The molecule has 1 heterocycles. The molecule has 2 N–H and O–H groups in total. The van der Waals surface area contributed by atoms with Crippen molar-refractivity contribution in [3.05, 3.63) is 35.4 Å². The number of halogens is 3. The minimum absolute atomic E-state index is 0. The number of methoxy groups -OCH3 is 1. The van der Waals surface area contributed by atoms with Crippen molar-refractivity contribution in [1.82, 2.24) is 10.6 Å². The van der Waals surface area contributed by atoms with Crippen molar-refractivity contribution in [3.8, 4) is 0 Å². The fourth-order valence-corrected chi connectivity index (χ4v) is 2.49. The lowest BCUT2D eigenvalue weighted by Gasteiger charge is -2.29. The molecule has 0 radical (unpaired) electrons. The lowest BCUT2D eigenvalue weighted by molar-refractivity contribution is 0.0887. The molecule has 118 valence electrons. The number of ether oxygens (including phenoxy) is 1. The second kappa shape index (κ2) is 7.68. The number of hydrogen-bond donors (Lipinski definition) is 2. The fraction of sp³-hybridized carbons (Fsp3) is 0.500. The SMILES string of the molecule is COCC1(CNC(=O)c2cccc(F)c2F)CCCN1.Cl. The highest BCUT2D eigenvalue weighted by molar-refractivity contribution is 5.94. The predicted molar refractivity (Wildman–Crippen MR) is 77.8 cm³/mol. The van der Waals surface area contributed by atoms with Crippen molar-refractivity contribution >= 4 is 18.3 Å². The summed E-state index contributed by atoms with van der Waals surface area (Å²) in [7, 11) is 1.59.